The predicted molar refractivity (Wildman–Crippen MR) is 119 cm³/mol. The minimum absolute atomic E-state index is 0.0219. The second-order valence-corrected chi connectivity index (χ2v) is 6.83. The highest BCUT2D eigenvalue weighted by Gasteiger charge is 2.19. The molecule has 3 N–H and O–H groups in total. The molecule has 1 aromatic carbocycles. The molecule has 168 valence electrons. The first-order chi connectivity index (χ1) is 15.5. The third kappa shape index (κ3) is 5.15. The molecule has 0 saturated heterocycles. The largest absolute Gasteiger partial charge is 0.497 e. The van der Waals surface area contributed by atoms with Gasteiger partial charge in [0.15, 0.2) is 0 Å². The molecule has 2 heterocycles. The number of hydrogen-bond donors (Lipinski definition) is 3. The molecule has 10 nitrogen and oxygen atoms in total. The van der Waals surface area contributed by atoms with Crippen molar-refractivity contribution in [3.05, 3.63) is 54.1 Å². The number of nitrogens with zero attached hydrogens (tertiary/aromatic N) is 3. The van der Waals surface area contributed by atoms with Crippen molar-refractivity contribution in [2.75, 3.05) is 26.1 Å². The maximum absolute atomic E-state index is 13.0. The van der Waals surface area contributed by atoms with Gasteiger partial charge in [-0.1, -0.05) is 0 Å². The Morgan fingerprint density at radius 2 is 1.91 bits per heavy atom. The zero-order valence-electron chi connectivity index (χ0n) is 18.1. The molecule has 3 aromatic rings. The molecule has 0 bridgehead atoms. The van der Waals surface area contributed by atoms with Crippen molar-refractivity contribution < 1.29 is 24.2 Å². The minimum Gasteiger partial charge on any atom is -0.497 e. The highest BCUT2D eigenvalue weighted by molar-refractivity contribution is 6.05. The van der Waals surface area contributed by atoms with Gasteiger partial charge >= 0.3 is 12.1 Å². The zero-order chi connectivity index (χ0) is 23.1. The highest BCUT2D eigenvalue weighted by atomic mass is 16.5. The van der Waals surface area contributed by atoms with Gasteiger partial charge in [0.1, 0.15) is 11.5 Å². The molecule has 3 rings (SSSR count). The third-order valence-corrected chi connectivity index (χ3v) is 4.90. The smallest absolute Gasteiger partial charge is 0.404 e. The van der Waals surface area contributed by atoms with Crippen LogP contribution in [-0.4, -0.2) is 52.9 Å². The van der Waals surface area contributed by atoms with Crippen molar-refractivity contribution in [2.45, 2.75) is 20.0 Å². The Kier molecular flexibility index (Phi) is 7.27. The Hall–Kier alpha value is -4.08. The summed E-state index contributed by atoms with van der Waals surface area (Å²) >= 11 is 0. The summed E-state index contributed by atoms with van der Waals surface area (Å²) in [4.78, 5) is 34.0. The van der Waals surface area contributed by atoms with E-state index in [-0.39, 0.29) is 12.6 Å². The van der Waals surface area contributed by atoms with Crippen molar-refractivity contribution in [3.8, 4) is 11.5 Å². The molecule has 0 spiro atoms. The zero-order valence-corrected chi connectivity index (χ0v) is 18.1. The molecular weight excluding hydrogens is 414 g/mol. The Bertz CT molecular complexity index is 1110. The standard InChI is InChI=1S/C22H25N5O5/c1-4-27(13-14-5-7-23-8-6-14)21(28)26-17-11-24-18(12-25-22(29)30)20-16(17)9-15(31-2)10-19(20)32-3/h5-11,25H,4,12-13H2,1-3H3,(H,26,28)(H,29,30). The van der Waals surface area contributed by atoms with Crippen molar-refractivity contribution in [3.63, 3.8) is 0 Å². The third-order valence-electron chi connectivity index (χ3n) is 4.90. The molecule has 0 atom stereocenters. The highest BCUT2D eigenvalue weighted by Crippen LogP contribution is 2.37. The average Bonchev–Trinajstić information content (AvgIpc) is 2.81. The number of benzene rings is 1. The monoisotopic (exact) mass is 439 g/mol. The number of anilines is 1. The first-order valence-electron chi connectivity index (χ1n) is 9.92. The van der Waals surface area contributed by atoms with Crippen LogP contribution in [0.4, 0.5) is 15.3 Å². The number of pyridine rings is 2. The number of urea groups is 1. The Morgan fingerprint density at radius 3 is 2.53 bits per heavy atom. The van der Waals surface area contributed by atoms with Gasteiger partial charge in [0.25, 0.3) is 0 Å². The fourth-order valence-corrected chi connectivity index (χ4v) is 3.28. The van der Waals surface area contributed by atoms with Gasteiger partial charge in [-0.2, -0.15) is 0 Å². The first-order valence-corrected chi connectivity index (χ1v) is 9.92. The van der Waals surface area contributed by atoms with Crippen LogP contribution in [0, 0.1) is 0 Å². The van der Waals surface area contributed by atoms with Gasteiger partial charge in [0.05, 0.1) is 38.3 Å². The van der Waals surface area contributed by atoms with Crippen molar-refractivity contribution in [1.82, 2.24) is 20.2 Å². The van der Waals surface area contributed by atoms with E-state index in [1.54, 1.807) is 29.4 Å². The van der Waals surface area contributed by atoms with E-state index in [0.717, 1.165) is 5.56 Å². The number of carboxylic acid groups (broad SMARTS) is 1. The van der Waals surface area contributed by atoms with Crippen LogP contribution in [0.3, 0.4) is 0 Å². The lowest BCUT2D eigenvalue weighted by Crippen LogP contribution is -2.34. The number of amides is 3. The second kappa shape index (κ2) is 10.3. The van der Waals surface area contributed by atoms with Crippen LogP contribution in [0.25, 0.3) is 10.8 Å². The van der Waals surface area contributed by atoms with E-state index in [2.05, 4.69) is 20.6 Å². The average molecular weight is 439 g/mol. The van der Waals surface area contributed by atoms with Crippen LogP contribution in [0.15, 0.2) is 42.9 Å². The van der Waals surface area contributed by atoms with Gasteiger partial charge in [-0.15, -0.1) is 0 Å². The van der Waals surface area contributed by atoms with Gasteiger partial charge in [0.2, 0.25) is 0 Å². The lowest BCUT2D eigenvalue weighted by Gasteiger charge is -2.22. The normalized spacial score (nSPS) is 10.5. The molecule has 3 amide bonds. The number of rotatable bonds is 8. The summed E-state index contributed by atoms with van der Waals surface area (Å²) in [6.45, 7) is 2.78. The summed E-state index contributed by atoms with van der Waals surface area (Å²) in [5.74, 6) is 0.978. The Morgan fingerprint density at radius 1 is 1.16 bits per heavy atom. The Balaban J connectivity index is 1.99. The molecule has 0 fully saturated rings. The van der Waals surface area contributed by atoms with Gasteiger partial charge in [0, 0.05) is 42.3 Å². The molecule has 32 heavy (non-hydrogen) atoms. The maximum atomic E-state index is 13.0. The van der Waals surface area contributed by atoms with Crippen LogP contribution in [0.1, 0.15) is 18.2 Å². The first kappa shape index (κ1) is 22.6. The van der Waals surface area contributed by atoms with Crippen LogP contribution >= 0.6 is 0 Å². The topological polar surface area (TPSA) is 126 Å². The molecule has 0 saturated carbocycles. The van der Waals surface area contributed by atoms with Gasteiger partial charge in [-0.05, 0) is 30.7 Å². The van der Waals surface area contributed by atoms with E-state index in [9.17, 15) is 9.59 Å². The molecule has 0 unspecified atom stereocenters. The van der Waals surface area contributed by atoms with Gasteiger partial charge in [-0.25, -0.2) is 9.59 Å². The molecule has 0 aliphatic heterocycles. The quantitative estimate of drug-likeness (QED) is 0.491. The summed E-state index contributed by atoms with van der Waals surface area (Å²) in [5, 5.41) is 15.4. The number of aromatic nitrogens is 2. The fraction of sp³-hybridized carbons (Fsp3) is 0.273. The molecule has 10 heteroatoms. The summed E-state index contributed by atoms with van der Waals surface area (Å²) in [5.41, 5.74) is 1.87. The van der Waals surface area contributed by atoms with Crippen molar-refractivity contribution in [1.29, 1.82) is 0 Å². The number of methoxy groups -OCH3 is 2. The Labute approximate surface area is 185 Å². The number of ether oxygens (including phenoxy) is 2. The molecule has 0 radical (unpaired) electrons. The number of nitrogens with one attached hydrogen (secondary N) is 2. The predicted octanol–water partition coefficient (Wildman–Crippen LogP) is 3.47. The van der Waals surface area contributed by atoms with Gasteiger partial charge in [-0.3, -0.25) is 9.97 Å². The van der Waals surface area contributed by atoms with Crippen LogP contribution in [0.5, 0.6) is 11.5 Å². The van der Waals surface area contributed by atoms with Gasteiger partial charge < -0.3 is 30.1 Å². The summed E-state index contributed by atoms with van der Waals surface area (Å²) < 4.78 is 10.9. The molecule has 2 aromatic heterocycles. The molecular formula is C22H25N5O5. The van der Waals surface area contributed by atoms with Crippen LogP contribution in [0.2, 0.25) is 0 Å². The van der Waals surface area contributed by atoms with E-state index in [1.165, 1.54) is 20.4 Å². The van der Waals surface area contributed by atoms with E-state index < -0.39 is 6.09 Å². The molecule has 0 aliphatic rings. The van der Waals surface area contributed by atoms with E-state index >= 15 is 0 Å². The number of carbonyl (C=O) groups excluding carboxylic acids is 1. The minimum atomic E-state index is -1.17. The van der Waals surface area contributed by atoms with E-state index in [1.807, 2.05) is 19.1 Å². The molecule has 0 aliphatic carbocycles. The second-order valence-electron chi connectivity index (χ2n) is 6.83. The summed E-state index contributed by atoms with van der Waals surface area (Å²) in [7, 11) is 3.03. The summed E-state index contributed by atoms with van der Waals surface area (Å²) in [6, 6.07) is 6.84. The lowest BCUT2D eigenvalue weighted by atomic mass is 10.1. The SMILES string of the molecule is CCN(Cc1ccncc1)C(=O)Nc1cnc(CNC(=O)O)c2c(OC)cc(OC)cc12. The lowest BCUT2D eigenvalue weighted by molar-refractivity contribution is 0.194. The van der Waals surface area contributed by atoms with Crippen molar-refractivity contribution in [2.24, 2.45) is 0 Å². The maximum Gasteiger partial charge on any atom is 0.404 e. The number of fused-ring (bicyclic) bond motifs is 1. The number of hydrogen-bond acceptors (Lipinski definition) is 6. The van der Waals surface area contributed by atoms with E-state index in [4.69, 9.17) is 14.6 Å². The summed E-state index contributed by atoms with van der Waals surface area (Å²) in [6.07, 6.45) is 3.69. The van der Waals surface area contributed by atoms with E-state index in [0.29, 0.717) is 46.7 Å². The fourth-order valence-electron chi connectivity index (χ4n) is 3.28. The van der Waals surface area contributed by atoms with Crippen LogP contribution in [-0.2, 0) is 13.1 Å². The van der Waals surface area contributed by atoms with Crippen LogP contribution < -0.4 is 20.1 Å². The number of carbonyl (C=O) groups is 2. The van der Waals surface area contributed by atoms with Crippen molar-refractivity contribution >= 4 is 28.6 Å².